The maximum atomic E-state index is 2.38. The van der Waals surface area contributed by atoms with Crippen LogP contribution in [0, 0.1) is 0 Å². The van der Waals surface area contributed by atoms with Gasteiger partial charge in [-0.3, -0.25) is 0 Å². The van der Waals surface area contributed by atoms with E-state index < -0.39 is 0 Å². The van der Waals surface area contributed by atoms with E-state index in [-0.39, 0.29) is 0 Å². The highest BCUT2D eigenvalue weighted by Crippen LogP contribution is 2.42. The summed E-state index contributed by atoms with van der Waals surface area (Å²) < 4.78 is 2.38. The molecule has 7 aromatic carbocycles. The van der Waals surface area contributed by atoms with Crippen LogP contribution in [0.2, 0.25) is 0 Å². The minimum Gasteiger partial charge on any atom is -0.310 e. The molecule has 0 aliphatic heterocycles. The number of rotatable bonds is 7. The van der Waals surface area contributed by atoms with Gasteiger partial charge in [0.2, 0.25) is 0 Å². The van der Waals surface area contributed by atoms with Gasteiger partial charge in [0, 0.05) is 50.6 Å². The zero-order chi connectivity index (χ0) is 30.0. The minimum atomic E-state index is 1.11. The second-order valence-corrected chi connectivity index (χ2v) is 11.1. The molecule has 0 aliphatic rings. The zero-order valence-corrected chi connectivity index (χ0v) is 24.7. The van der Waals surface area contributed by atoms with Crippen molar-refractivity contribution < 1.29 is 0 Å². The summed E-state index contributed by atoms with van der Waals surface area (Å²) in [4.78, 5) is 4.66. The molecule has 0 unspecified atom stereocenters. The molecule has 0 saturated carbocycles. The smallest absolute Gasteiger partial charge is 0.0542 e. The fourth-order valence-electron chi connectivity index (χ4n) is 6.34. The molecule has 214 valence electrons. The van der Waals surface area contributed by atoms with E-state index >= 15 is 0 Å². The molecule has 0 saturated heterocycles. The third-order valence-electron chi connectivity index (χ3n) is 8.32. The molecule has 1 aromatic heterocycles. The second kappa shape index (κ2) is 11.6. The Morgan fingerprint density at radius 2 is 0.600 bits per heavy atom. The zero-order valence-electron chi connectivity index (χ0n) is 24.7. The van der Waals surface area contributed by atoms with Crippen molar-refractivity contribution in [2.45, 2.75) is 0 Å². The lowest BCUT2D eigenvalue weighted by Gasteiger charge is -2.26. The first-order valence-corrected chi connectivity index (χ1v) is 15.3. The normalized spacial score (nSPS) is 11.1. The average Bonchev–Trinajstić information content (AvgIpc) is 3.44. The van der Waals surface area contributed by atoms with Gasteiger partial charge in [-0.2, -0.15) is 0 Å². The van der Waals surface area contributed by atoms with Crippen molar-refractivity contribution in [2.75, 3.05) is 9.80 Å². The molecule has 0 radical (unpaired) electrons. The van der Waals surface area contributed by atoms with Crippen molar-refractivity contribution in [3.63, 3.8) is 0 Å². The molecule has 45 heavy (non-hydrogen) atoms. The van der Waals surface area contributed by atoms with E-state index in [2.05, 4.69) is 202 Å². The van der Waals surface area contributed by atoms with Gasteiger partial charge in [-0.1, -0.05) is 91.0 Å². The van der Waals surface area contributed by atoms with E-state index in [0.29, 0.717) is 0 Å². The second-order valence-electron chi connectivity index (χ2n) is 11.1. The highest BCUT2D eigenvalue weighted by Gasteiger charge is 2.19. The molecular weight excluding hydrogens is 546 g/mol. The van der Waals surface area contributed by atoms with Gasteiger partial charge in [0.1, 0.15) is 0 Å². The number of aromatic nitrogens is 1. The Morgan fingerprint density at radius 1 is 0.289 bits per heavy atom. The summed E-state index contributed by atoms with van der Waals surface area (Å²) in [5.41, 5.74) is 10.2. The van der Waals surface area contributed by atoms with Crippen LogP contribution >= 0.6 is 0 Å². The quantitative estimate of drug-likeness (QED) is 0.187. The lowest BCUT2D eigenvalue weighted by atomic mass is 10.1. The van der Waals surface area contributed by atoms with Crippen LogP contribution in [0.15, 0.2) is 188 Å². The van der Waals surface area contributed by atoms with Crippen LogP contribution in [-0.4, -0.2) is 4.57 Å². The van der Waals surface area contributed by atoms with Gasteiger partial charge in [0.05, 0.1) is 11.0 Å². The first-order chi connectivity index (χ1) is 22.3. The standard InChI is InChI=1S/C42H31N3/c1-6-16-32(17-7-1)43(33-18-8-2-9-19-33)37-26-28-41-39(30-37)40-31-38(27-29-42(40)45(41)36-24-14-5-15-25-36)44(34-20-10-3-11-21-34)35-22-12-4-13-23-35/h1-31H. The highest BCUT2D eigenvalue weighted by atomic mass is 15.1. The molecule has 8 rings (SSSR count). The van der Waals surface area contributed by atoms with Gasteiger partial charge < -0.3 is 14.4 Å². The molecule has 0 bridgehead atoms. The maximum absolute atomic E-state index is 2.38. The van der Waals surface area contributed by atoms with Crippen molar-refractivity contribution in [3.05, 3.63) is 188 Å². The Balaban J connectivity index is 1.39. The van der Waals surface area contributed by atoms with Crippen LogP contribution in [-0.2, 0) is 0 Å². The largest absolute Gasteiger partial charge is 0.310 e. The van der Waals surface area contributed by atoms with E-state index in [4.69, 9.17) is 0 Å². The maximum Gasteiger partial charge on any atom is 0.0542 e. The number of para-hydroxylation sites is 5. The predicted molar refractivity (Wildman–Crippen MR) is 190 cm³/mol. The first kappa shape index (κ1) is 26.6. The SMILES string of the molecule is c1ccc(N(c2ccccc2)c2ccc3c(c2)c2cc(N(c4ccccc4)c4ccccc4)ccc2n3-c2ccccc2)cc1. The summed E-state index contributed by atoms with van der Waals surface area (Å²) in [5.74, 6) is 0. The van der Waals surface area contributed by atoms with Crippen LogP contribution in [0.3, 0.4) is 0 Å². The lowest BCUT2D eigenvalue weighted by Crippen LogP contribution is -2.09. The van der Waals surface area contributed by atoms with Crippen LogP contribution in [0.1, 0.15) is 0 Å². The molecular formula is C42H31N3. The van der Waals surface area contributed by atoms with Crippen LogP contribution < -0.4 is 9.80 Å². The van der Waals surface area contributed by atoms with Crippen molar-refractivity contribution in [1.29, 1.82) is 0 Å². The third kappa shape index (κ3) is 4.91. The molecule has 3 heteroatoms. The number of benzene rings is 7. The Hall–Kier alpha value is -6.06. The predicted octanol–water partition coefficient (Wildman–Crippen LogP) is 11.7. The average molecular weight is 578 g/mol. The van der Waals surface area contributed by atoms with Crippen molar-refractivity contribution in [3.8, 4) is 5.69 Å². The number of hydrogen-bond acceptors (Lipinski definition) is 2. The van der Waals surface area contributed by atoms with Crippen molar-refractivity contribution in [1.82, 2.24) is 4.57 Å². The molecule has 3 nitrogen and oxygen atoms in total. The summed E-state index contributed by atoms with van der Waals surface area (Å²) in [6.07, 6.45) is 0. The van der Waals surface area contributed by atoms with E-state index in [1.807, 2.05) is 0 Å². The number of nitrogens with zero attached hydrogens (tertiary/aromatic N) is 3. The third-order valence-corrected chi connectivity index (χ3v) is 8.32. The van der Waals surface area contributed by atoms with Crippen molar-refractivity contribution in [2.24, 2.45) is 0 Å². The first-order valence-electron chi connectivity index (χ1n) is 15.3. The van der Waals surface area contributed by atoms with E-state index in [0.717, 1.165) is 39.8 Å². The fourth-order valence-corrected chi connectivity index (χ4v) is 6.34. The van der Waals surface area contributed by atoms with Gasteiger partial charge in [-0.05, 0) is 97.1 Å². The number of fused-ring (bicyclic) bond motifs is 3. The Morgan fingerprint density at radius 3 is 0.933 bits per heavy atom. The van der Waals surface area contributed by atoms with Gasteiger partial charge in [0.15, 0.2) is 0 Å². The molecule has 0 N–H and O–H groups in total. The van der Waals surface area contributed by atoms with Gasteiger partial charge >= 0.3 is 0 Å². The Kier molecular flexibility index (Phi) is 6.82. The van der Waals surface area contributed by atoms with Crippen LogP contribution in [0.4, 0.5) is 34.1 Å². The number of hydrogen-bond donors (Lipinski definition) is 0. The number of anilines is 6. The Bertz CT molecular complexity index is 1970. The van der Waals surface area contributed by atoms with E-state index in [1.54, 1.807) is 0 Å². The van der Waals surface area contributed by atoms with Gasteiger partial charge in [0.25, 0.3) is 0 Å². The van der Waals surface area contributed by atoms with Gasteiger partial charge in [-0.15, -0.1) is 0 Å². The van der Waals surface area contributed by atoms with Gasteiger partial charge in [-0.25, -0.2) is 0 Å². The molecule has 0 fully saturated rings. The highest BCUT2D eigenvalue weighted by molar-refractivity contribution is 6.12. The Labute approximate surface area is 263 Å². The molecule has 0 atom stereocenters. The fraction of sp³-hybridized carbons (Fsp3) is 0. The molecule has 0 amide bonds. The summed E-state index contributed by atoms with van der Waals surface area (Å²) in [7, 11) is 0. The molecule has 0 spiro atoms. The molecule has 8 aromatic rings. The van der Waals surface area contributed by atoms with Crippen LogP contribution in [0.5, 0.6) is 0 Å². The van der Waals surface area contributed by atoms with E-state index in [9.17, 15) is 0 Å². The summed E-state index contributed by atoms with van der Waals surface area (Å²) >= 11 is 0. The van der Waals surface area contributed by atoms with E-state index in [1.165, 1.54) is 21.8 Å². The van der Waals surface area contributed by atoms with Crippen LogP contribution in [0.25, 0.3) is 27.5 Å². The minimum absolute atomic E-state index is 1.11. The molecule has 1 heterocycles. The molecule has 0 aliphatic carbocycles. The lowest BCUT2D eigenvalue weighted by molar-refractivity contribution is 1.18. The topological polar surface area (TPSA) is 11.4 Å². The van der Waals surface area contributed by atoms with Crippen molar-refractivity contribution >= 4 is 55.9 Å². The summed E-state index contributed by atoms with van der Waals surface area (Å²) in [5, 5.41) is 2.40. The summed E-state index contributed by atoms with van der Waals surface area (Å²) in [6.45, 7) is 0. The monoisotopic (exact) mass is 577 g/mol. The summed E-state index contributed by atoms with van der Waals surface area (Å²) in [6, 6.07) is 66.7.